The molecule has 1 aliphatic heterocycles. The lowest BCUT2D eigenvalue weighted by molar-refractivity contribution is 0.0448. The number of ether oxygens (including phenoxy) is 1. The molecule has 0 spiro atoms. The van der Waals surface area contributed by atoms with Gasteiger partial charge in [-0.3, -0.25) is 9.13 Å². The first-order valence-electron chi connectivity index (χ1n) is 9.57. The summed E-state index contributed by atoms with van der Waals surface area (Å²) in [6, 6.07) is 6.08. The molecule has 0 atom stereocenters. The SMILES string of the molecule is Cc1cc2ncoc2cc1Nc1ncc2c(n1)n(C1(C#N)CCOCC1)c(=O)n2C. The van der Waals surface area contributed by atoms with Gasteiger partial charge in [0.05, 0.1) is 12.3 Å². The van der Waals surface area contributed by atoms with Crippen LogP contribution >= 0.6 is 0 Å². The van der Waals surface area contributed by atoms with Crippen molar-refractivity contribution in [3.63, 3.8) is 0 Å². The van der Waals surface area contributed by atoms with Crippen molar-refractivity contribution in [2.24, 2.45) is 7.05 Å². The van der Waals surface area contributed by atoms with Crippen molar-refractivity contribution in [3.8, 4) is 6.07 Å². The summed E-state index contributed by atoms with van der Waals surface area (Å²) in [7, 11) is 1.66. The van der Waals surface area contributed by atoms with Crippen molar-refractivity contribution in [1.29, 1.82) is 5.26 Å². The van der Waals surface area contributed by atoms with Crippen LogP contribution in [0.25, 0.3) is 22.3 Å². The smallest absolute Gasteiger partial charge is 0.331 e. The molecule has 1 fully saturated rings. The standard InChI is InChI=1S/C20H19N7O3/c1-12-7-14-16(30-11-23-14)8-13(12)24-18-22-9-15-17(25-18)27(19(28)26(15)2)20(10-21)3-5-29-6-4-20/h7-9,11H,3-6H2,1-2H3,(H,22,24,25). The van der Waals surface area contributed by atoms with Gasteiger partial charge in [-0.05, 0) is 18.6 Å². The molecule has 1 aliphatic rings. The number of oxazole rings is 1. The van der Waals surface area contributed by atoms with E-state index in [0.717, 1.165) is 16.8 Å². The predicted molar refractivity (Wildman–Crippen MR) is 108 cm³/mol. The summed E-state index contributed by atoms with van der Waals surface area (Å²) in [5, 5.41) is 13.2. The van der Waals surface area contributed by atoms with Crippen molar-refractivity contribution in [2.45, 2.75) is 25.3 Å². The number of fused-ring (bicyclic) bond motifs is 2. The average molecular weight is 405 g/mol. The normalized spacial score (nSPS) is 16.0. The molecule has 0 bridgehead atoms. The largest absolute Gasteiger partial charge is 0.443 e. The quantitative estimate of drug-likeness (QED) is 0.551. The second kappa shape index (κ2) is 6.67. The number of rotatable bonds is 3. The van der Waals surface area contributed by atoms with Gasteiger partial charge in [0.2, 0.25) is 5.95 Å². The molecule has 4 aromatic rings. The van der Waals surface area contributed by atoms with E-state index < -0.39 is 5.54 Å². The minimum atomic E-state index is -0.991. The van der Waals surface area contributed by atoms with E-state index in [9.17, 15) is 10.1 Å². The van der Waals surface area contributed by atoms with Crippen LogP contribution in [0.15, 0.2) is 33.9 Å². The highest BCUT2D eigenvalue weighted by Crippen LogP contribution is 2.31. The van der Waals surface area contributed by atoms with E-state index >= 15 is 0 Å². The molecule has 1 saturated heterocycles. The lowest BCUT2D eigenvalue weighted by atomic mass is 9.91. The molecule has 10 nitrogen and oxygen atoms in total. The Labute approximate surface area is 170 Å². The number of anilines is 2. The monoisotopic (exact) mass is 405 g/mol. The summed E-state index contributed by atoms with van der Waals surface area (Å²) >= 11 is 0. The Kier molecular flexibility index (Phi) is 4.08. The first kappa shape index (κ1) is 18.3. The summed E-state index contributed by atoms with van der Waals surface area (Å²) in [4.78, 5) is 26.2. The fraction of sp³-hybridized carbons (Fsp3) is 0.350. The lowest BCUT2D eigenvalue weighted by Crippen LogP contribution is -2.44. The average Bonchev–Trinajstić information content (AvgIpc) is 3.31. The zero-order valence-electron chi connectivity index (χ0n) is 16.5. The zero-order valence-corrected chi connectivity index (χ0v) is 16.5. The van der Waals surface area contributed by atoms with E-state index in [0.29, 0.717) is 48.8 Å². The van der Waals surface area contributed by atoms with Crippen molar-refractivity contribution >= 4 is 33.9 Å². The first-order valence-corrected chi connectivity index (χ1v) is 9.57. The third-order valence-electron chi connectivity index (χ3n) is 5.68. The van der Waals surface area contributed by atoms with Crippen molar-refractivity contribution in [2.75, 3.05) is 18.5 Å². The Morgan fingerprint density at radius 1 is 1.27 bits per heavy atom. The van der Waals surface area contributed by atoms with E-state index in [4.69, 9.17) is 9.15 Å². The number of hydrogen-bond donors (Lipinski definition) is 1. The van der Waals surface area contributed by atoms with E-state index in [2.05, 4.69) is 26.3 Å². The molecule has 0 amide bonds. The van der Waals surface area contributed by atoms with Crippen LogP contribution < -0.4 is 11.0 Å². The van der Waals surface area contributed by atoms with Crippen LogP contribution in [0.5, 0.6) is 0 Å². The molecule has 0 saturated carbocycles. The minimum Gasteiger partial charge on any atom is -0.443 e. The van der Waals surface area contributed by atoms with Crippen LogP contribution in [0.4, 0.5) is 11.6 Å². The van der Waals surface area contributed by atoms with Gasteiger partial charge in [-0.2, -0.15) is 10.2 Å². The second-order valence-electron chi connectivity index (χ2n) is 7.45. The molecule has 4 heterocycles. The van der Waals surface area contributed by atoms with Crippen LogP contribution in [0.2, 0.25) is 0 Å². The van der Waals surface area contributed by atoms with Crippen molar-refractivity contribution < 1.29 is 9.15 Å². The summed E-state index contributed by atoms with van der Waals surface area (Å²) in [5.41, 5.74) is 2.83. The van der Waals surface area contributed by atoms with Gasteiger partial charge in [-0.25, -0.2) is 14.8 Å². The molecule has 0 aliphatic carbocycles. The van der Waals surface area contributed by atoms with Gasteiger partial charge in [0, 0.05) is 44.9 Å². The Bertz CT molecular complexity index is 1370. The van der Waals surface area contributed by atoms with Crippen LogP contribution in [-0.4, -0.2) is 37.3 Å². The third kappa shape index (κ3) is 2.67. The molecule has 0 unspecified atom stereocenters. The highest BCUT2D eigenvalue weighted by atomic mass is 16.5. The van der Waals surface area contributed by atoms with Gasteiger partial charge >= 0.3 is 5.69 Å². The number of imidazole rings is 1. The number of nitrogens with one attached hydrogen (secondary N) is 1. The second-order valence-corrected chi connectivity index (χ2v) is 7.45. The first-order chi connectivity index (χ1) is 14.5. The van der Waals surface area contributed by atoms with Crippen LogP contribution in [-0.2, 0) is 17.3 Å². The Morgan fingerprint density at radius 2 is 2.07 bits per heavy atom. The van der Waals surface area contributed by atoms with E-state index in [1.165, 1.54) is 15.5 Å². The summed E-state index contributed by atoms with van der Waals surface area (Å²) < 4.78 is 13.8. The maximum absolute atomic E-state index is 13.0. The summed E-state index contributed by atoms with van der Waals surface area (Å²) in [5.74, 6) is 0.323. The predicted octanol–water partition coefficient (Wildman–Crippen LogP) is 2.35. The van der Waals surface area contributed by atoms with Gasteiger partial charge in [-0.15, -0.1) is 0 Å². The maximum atomic E-state index is 13.0. The lowest BCUT2D eigenvalue weighted by Gasteiger charge is -2.31. The Hall–Kier alpha value is -3.71. The number of aryl methyl sites for hydroxylation is 2. The number of aromatic nitrogens is 5. The number of benzene rings is 1. The van der Waals surface area contributed by atoms with Gasteiger partial charge in [0.1, 0.15) is 16.6 Å². The topological polar surface area (TPSA) is 124 Å². The van der Waals surface area contributed by atoms with Crippen LogP contribution in [0.3, 0.4) is 0 Å². The third-order valence-corrected chi connectivity index (χ3v) is 5.68. The fourth-order valence-electron chi connectivity index (χ4n) is 3.91. The molecular weight excluding hydrogens is 386 g/mol. The van der Waals surface area contributed by atoms with Crippen LogP contribution in [0.1, 0.15) is 18.4 Å². The Balaban J connectivity index is 1.64. The van der Waals surface area contributed by atoms with E-state index in [-0.39, 0.29) is 5.69 Å². The number of nitrogens with zero attached hydrogens (tertiary/aromatic N) is 6. The molecule has 1 N–H and O–H groups in total. The Morgan fingerprint density at radius 3 is 2.83 bits per heavy atom. The van der Waals surface area contributed by atoms with Gasteiger partial charge < -0.3 is 14.5 Å². The van der Waals surface area contributed by atoms with E-state index in [1.807, 2.05) is 19.1 Å². The number of nitriles is 1. The van der Waals surface area contributed by atoms with Crippen molar-refractivity contribution in [3.05, 3.63) is 40.8 Å². The van der Waals surface area contributed by atoms with Gasteiger partial charge in [0.15, 0.2) is 17.6 Å². The summed E-state index contributed by atoms with van der Waals surface area (Å²) in [6.45, 7) is 2.78. The maximum Gasteiger partial charge on any atom is 0.331 e. The fourth-order valence-corrected chi connectivity index (χ4v) is 3.91. The molecule has 1 aromatic carbocycles. The van der Waals surface area contributed by atoms with E-state index in [1.54, 1.807) is 13.2 Å². The molecule has 0 radical (unpaired) electrons. The highest BCUT2D eigenvalue weighted by Gasteiger charge is 2.38. The molecular formula is C20H19N7O3. The van der Waals surface area contributed by atoms with Gasteiger partial charge in [-0.1, -0.05) is 0 Å². The minimum absolute atomic E-state index is 0.292. The molecule has 10 heteroatoms. The summed E-state index contributed by atoms with van der Waals surface area (Å²) in [6.07, 6.45) is 3.84. The molecule has 152 valence electrons. The highest BCUT2D eigenvalue weighted by molar-refractivity contribution is 5.81. The molecule has 3 aromatic heterocycles. The van der Waals surface area contributed by atoms with Crippen molar-refractivity contribution in [1.82, 2.24) is 24.1 Å². The number of hydrogen-bond acceptors (Lipinski definition) is 8. The van der Waals surface area contributed by atoms with Crippen LogP contribution in [0, 0.1) is 18.3 Å². The zero-order chi connectivity index (χ0) is 20.9. The molecule has 5 rings (SSSR count). The molecule has 30 heavy (non-hydrogen) atoms. The van der Waals surface area contributed by atoms with Gasteiger partial charge in [0.25, 0.3) is 0 Å².